The van der Waals surface area contributed by atoms with Crippen LogP contribution in [-0.4, -0.2) is 5.38 Å². The molecular formula is C12H15Cl3. The lowest BCUT2D eigenvalue weighted by Crippen LogP contribution is -1.97. The van der Waals surface area contributed by atoms with Gasteiger partial charge in [-0.2, -0.15) is 0 Å². The van der Waals surface area contributed by atoms with Crippen molar-refractivity contribution >= 4 is 34.8 Å². The number of alkyl halides is 1. The number of rotatable bonds is 5. The van der Waals surface area contributed by atoms with Crippen molar-refractivity contribution in [1.82, 2.24) is 0 Å². The molecule has 0 aliphatic rings. The molecule has 15 heavy (non-hydrogen) atoms. The Kier molecular flexibility index (Phi) is 5.81. The Balaban J connectivity index is 2.47. The zero-order chi connectivity index (χ0) is 11.3. The standard InChI is InChI=1S/C12H15Cl3/c1-2-10(13)7-3-5-9-6-4-8-11(14)12(9)15/h4,6,8,10H,2-3,5,7H2,1H3. The van der Waals surface area contributed by atoms with Gasteiger partial charge in [-0.1, -0.05) is 42.3 Å². The van der Waals surface area contributed by atoms with Crippen molar-refractivity contribution in [2.24, 2.45) is 0 Å². The van der Waals surface area contributed by atoms with E-state index in [2.05, 4.69) is 6.92 Å². The van der Waals surface area contributed by atoms with E-state index in [9.17, 15) is 0 Å². The summed E-state index contributed by atoms with van der Waals surface area (Å²) in [5.74, 6) is 0. The Hall–Kier alpha value is 0.0900. The second-order valence-corrected chi connectivity index (χ2v) is 5.01. The average molecular weight is 266 g/mol. The van der Waals surface area contributed by atoms with E-state index in [4.69, 9.17) is 34.8 Å². The summed E-state index contributed by atoms with van der Waals surface area (Å²) in [5, 5.41) is 1.59. The van der Waals surface area contributed by atoms with E-state index in [1.165, 1.54) is 0 Å². The molecule has 0 aliphatic carbocycles. The van der Waals surface area contributed by atoms with Gasteiger partial charge in [-0.3, -0.25) is 0 Å². The van der Waals surface area contributed by atoms with Crippen LogP contribution in [0, 0.1) is 0 Å². The van der Waals surface area contributed by atoms with Crippen LogP contribution in [0.5, 0.6) is 0 Å². The summed E-state index contributed by atoms with van der Waals surface area (Å²) in [6.07, 6.45) is 4.05. The van der Waals surface area contributed by atoms with Crippen LogP contribution in [0.3, 0.4) is 0 Å². The molecule has 0 radical (unpaired) electrons. The van der Waals surface area contributed by atoms with E-state index >= 15 is 0 Å². The summed E-state index contributed by atoms with van der Waals surface area (Å²) in [6, 6.07) is 5.76. The van der Waals surface area contributed by atoms with E-state index in [1.807, 2.05) is 18.2 Å². The fourth-order valence-electron chi connectivity index (χ4n) is 1.46. The first kappa shape index (κ1) is 13.2. The smallest absolute Gasteiger partial charge is 0.0624 e. The van der Waals surface area contributed by atoms with Crippen molar-refractivity contribution in [3.05, 3.63) is 33.8 Å². The molecular weight excluding hydrogens is 250 g/mol. The minimum Gasteiger partial charge on any atom is -0.123 e. The molecule has 0 fully saturated rings. The van der Waals surface area contributed by atoms with Crippen LogP contribution in [0.25, 0.3) is 0 Å². The minimum atomic E-state index is 0.281. The molecule has 0 aliphatic heterocycles. The zero-order valence-electron chi connectivity index (χ0n) is 8.77. The molecule has 0 aromatic heterocycles. The molecule has 1 atom stereocenters. The fourth-order valence-corrected chi connectivity index (χ4v) is 2.03. The number of hydrogen-bond donors (Lipinski definition) is 0. The highest BCUT2D eigenvalue weighted by atomic mass is 35.5. The van der Waals surface area contributed by atoms with Crippen molar-refractivity contribution in [2.75, 3.05) is 0 Å². The summed E-state index contributed by atoms with van der Waals surface area (Å²) in [7, 11) is 0. The van der Waals surface area contributed by atoms with Gasteiger partial charge in [0.25, 0.3) is 0 Å². The first-order valence-electron chi connectivity index (χ1n) is 5.22. The highest BCUT2D eigenvalue weighted by Crippen LogP contribution is 2.27. The van der Waals surface area contributed by atoms with Crippen LogP contribution in [-0.2, 0) is 6.42 Å². The quantitative estimate of drug-likeness (QED) is 0.631. The summed E-state index contributed by atoms with van der Waals surface area (Å²) in [4.78, 5) is 0. The van der Waals surface area contributed by atoms with Gasteiger partial charge < -0.3 is 0 Å². The topological polar surface area (TPSA) is 0 Å². The van der Waals surface area contributed by atoms with Gasteiger partial charge in [0, 0.05) is 5.38 Å². The van der Waals surface area contributed by atoms with Crippen molar-refractivity contribution in [1.29, 1.82) is 0 Å². The van der Waals surface area contributed by atoms with E-state index in [0.29, 0.717) is 10.0 Å². The molecule has 0 N–H and O–H groups in total. The summed E-state index contributed by atoms with van der Waals surface area (Å²) >= 11 is 18.0. The molecule has 1 aromatic carbocycles. The van der Waals surface area contributed by atoms with Crippen LogP contribution in [0.4, 0.5) is 0 Å². The van der Waals surface area contributed by atoms with Crippen LogP contribution in [0.2, 0.25) is 10.0 Å². The molecule has 1 aromatic rings. The average Bonchev–Trinajstić information content (AvgIpc) is 2.24. The summed E-state index contributed by atoms with van der Waals surface area (Å²) in [5.41, 5.74) is 1.11. The second kappa shape index (κ2) is 6.62. The van der Waals surface area contributed by atoms with E-state index in [1.54, 1.807) is 0 Å². The van der Waals surface area contributed by atoms with Gasteiger partial charge in [0.2, 0.25) is 0 Å². The third-order valence-corrected chi connectivity index (χ3v) is 3.82. The van der Waals surface area contributed by atoms with E-state index < -0.39 is 0 Å². The molecule has 84 valence electrons. The van der Waals surface area contributed by atoms with E-state index in [-0.39, 0.29) is 5.38 Å². The molecule has 3 heteroatoms. The number of halogens is 3. The maximum Gasteiger partial charge on any atom is 0.0624 e. The van der Waals surface area contributed by atoms with Gasteiger partial charge in [0.05, 0.1) is 10.0 Å². The molecule has 1 unspecified atom stereocenters. The second-order valence-electron chi connectivity index (χ2n) is 3.61. The molecule has 0 bridgehead atoms. The number of benzene rings is 1. The SMILES string of the molecule is CCC(Cl)CCCc1cccc(Cl)c1Cl. The highest BCUT2D eigenvalue weighted by molar-refractivity contribution is 6.42. The lowest BCUT2D eigenvalue weighted by Gasteiger charge is -2.07. The van der Waals surface area contributed by atoms with Gasteiger partial charge in [0.1, 0.15) is 0 Å². The predicted molar refractivity (Wildman–Crippen MR) is 69.3 cm³/mol. The van der Waals surface area contributed by atoms with Gasteiger partial charge >= 0.3 is 0 Å². The lowest BCUT2D eigenvalue weighted by molar-refractivity contribution is 0.675. The summed E-state index contributed by atoms with van der Waals surface area (Å²) < 4.78 is 0. The molecule has 0 spiro atoms. The molecule has 0 amide bonds. The number of hydrogen-bond acceptors (Lipinski definition) is 0. The lowest BCUT2D eigenvalue weighted by atomic mass is 10.1. The monoisotopic (exact) mass is 264 g/mol. The molecule has 0 nitrogen and oxygen atoms in total. The fraction of sp³-hybridized carbons (Fsp3) is 0.500. The highest BCUT2D eigenvalue weighted by Gasteiger charge is 2.05. The van der Waals surface area contributed by atoms with Crippen molar-refractivity contribution in [3.8, 4) is 0 Å². The van der Waals surface area contributed by atoms with Crippen LogP contribution >= 0.6 is 34.8 Å². The predicted octanol–water partition coefficient (Wildman–Crippen LogP) is 5.33. The zero-order valence-corrected chi connectivity index (χ0v) is 11.0. The summed E-state index contributed by atoms with van der Waals surface area (Å²) in [6.45, 7) is 2.10. The Morgan fingerprint density at radius 1 is 1.27 bits per heavy atom. The van der Waals surface area contributed by atoms with Crippen molar-refractivity contribution in [3.63, 3.8) is 0 Å². The molecule has 1 rings (SSSR count). The maximum atomic E-state index is 6.08. The largest absolute Gasteiger partial charge is 0.123 e. The van der Waals surface area contributed by atoms with Gasteiger partial charge in [-0.05, 0) is 37.3 Å². The van der Waals surface area contributed by atoms with Gasteiger partial charge in [-0.25, -0.2) is 0 Å². The molecule has 0 saturated heterocycles. The Morgan fingerprint density at radius 2 is 2.00 bits per heavy atom. The van der Waals surface area contributed by atoms with Gasteiger partial charge in [-0.15, -0.1) is 11.6 Å². The van der Waals surface area contributed by atoms with E-state index in [0.717, 1.165) is 31.2 Å². The van der Waals surface area contributed by atoms with Gasteiger partial charge in [0.15, 0.2) is 0 Å². The van der Waals surface area contributed by atoms with Crippen molar-refractivity contribution in [2.45, 2.75) is 38.0 Å². The third-order valence-electron chi connectivity index (χ3n) is 2.44. The Bertz CT molecular complexity index is 310. The molecule has 0 saturated carbocycles. The normalized spacial score (nSPS) is 12.8. The first-order chi connectivity index (χ1) is 7.15. The number of aryl methyl sites for hydroxylation is 1. The molecule has 0 heterocycles. The van der Waals surface area contributed by atoms with Crippen molar-refractivity contribution < 1.29 is 0 Å². The third kappa shape index (κ3) is 4.22. The maximum absolute atomic E-state index is 6.08. The van der Waals surface area contributed by atoms with Crippen LogP contribution < -0.4 is 0 Å². The first-order valence-corrected chi connectivity index (χ1v) is 6.41. The van der Waals surface area contributed by atoms with Crippen LogP contribution in [0.1, 0.15) is 31.7 Å². The Labute approximate surface area is 107 Å². The Morgan fingerprint density at radius 3 is 2.67 bits per heavy atom. The minimum absolute atomic E-state index is 0.281. The van der Waals surface area contributed by atoms with Crippen LogP contribution in [0.15, 0.2) is 18.2 Å².